The van der Waals surface area contributed by atoms with Crippen LogP contribution in [0.5, 0.6) is 0 Å². The van der Waals surface area contributed by atoms with Crippen molar-refractivity contribution >= 4 is 7.12 Å². The first-order valence-corrected chi connectivity index (χ1v) is 6.77. The van der Waals surface area contributed by atoms with Gasteiger partial charge in [-0.05, 0) is 53.4 Å². The Morgan fingerprint density at radius 3 is 2.18 bits per heavy atom. The van der Waals surface area contributed by atoms with E-state index in [1.165, 1.54) is 18.4 Å². The van der Waals surface area contributed by atoms with Crippen molar-refractivity contribution < 1.29 is 9.31 Å². The molecule has 2 atom stereocenters. The second-order valence-electron chi connectivity index (χ2n) is 6.65. The summed E-state index contributed by atoms with van der Waals surface area (Å²) in [5.74, 6) is 1.07. The van der Waals surface area contributed by atoms with Crippen molar-refractivity contribution in [3.63, 3.8) is 0 Å². The lowest BCUT2D eigenvalue weighted by molar-refractivity contribution is 0.00578. The largest absolute Gasteiger partial charge is 0.465 e. The third-order valence-electron chi connectivity index (χ3n) is 4.79. The van der Waals surface area contributed by atoms with Crippen LogP contribution >= 0.6 is 0 Å². The third kappa shape index (κ3) is 2.20. The summed E-state index contributed by atoms with van der Waals surface area (Å²) in [6, 6.07) is 0. The van der Waals surface area contributed by atoms with Gasteiger partial charge in [-0.25, -0.2) is 0 Å². The van der Waals surface area contributed by atoms with Gasteiger partial charge in [0.25, 0.3) is 0 Å². The standard InChI is InChI=1S/C14H25BO2/c1-10-8-7-9-11(2)12(10)15-16-13(3,4)14(5,6)17-15/h8,11-12H,7,9H2,1-6H3. The highest BCUT2D eigenvalue weighted by molar-refractivity contribution is 6.48. The minimum absolute atomic E-state index is 0.0773. The highest BCUT2D eigenvalue weighted by Gasteiger charge is 2.54. The van der Waals surface area contributed by atoms with Gasteiger partial charge in [-0.2, -0.15) is 0 Å². The molecule has 2 aliphatic rings. The molecule has 2 unspecified atom stereocenters. The predicted octanol–water partition coefficient (Wildman–Crippen LogP) is 3.83. The van der Waals surface area contributed by atoms with Crippen LogP contribution in [0.25, 0.3) is 0 Å². The van der Waals surface area contributed by atoms with Crippen molar-refractivity contribution in [2.24, 2.45) is 5.92 Å². The molecular formula is C14H25BO2. The van der Waals surface area contributed by atoms with Crippen LogP contribution in [0.15, 0.2) is 11.6 Å². The van der Waals surface area contributed by atoms with Crippen molar-refractivity contribution in [3.8, 4) is 0 Å². The monoisotopic (exact) mass is 236 g/mol. The molecule has 17 heavy (non-hydrogen) atoms. The molecule has 0 N–H and O–H groups in total. The Balaban J connectivity index is 2.20. The zero-order valence-electron chi connectivity index (χ0n) is 12.0. The normalized spacial score (nSPS) is 35.9. The Hall–Kier alpha value is -0.275. The average Bonchev–Trinajstić information content (AvgIpc) is 2.35. The van der Waals surface area contributed by atoms with E-state index in [-0.39, 0.29) is 18.3 Å². The zero-order valence-corrected chi connectivity index (χ0v) is 12.0. The van der Waals surface area contributed by atoms with Crippen LogP contribution in [0.2, 0.25) is 5.82 Å². The van der Waals surface area contributed by atoms with Crippen LogP contribution in [0.3, 0.4) is 0 Å². The highest BCUT2D eigenvalue weighted by Crippen LogP contribution is 2.46. The zero-order chi connectivity index (χ0) is 12.8. The summed E-state index contributed by atoms with van der Waals surface area (Å²) in [6.45, 7) is 13.0. The Kier molecular flexibility index (Phi) is 3.20. The maximum atomic E-state index is 6.18. The van der Waals surface area contributed by atoms with Crippen molar-refractivity contribution in [3.05, 3.63) is 11.6 Å². The van der Waals surface area contributed by atoms with Crippen molar-refractivity contribution in [2.75, 3.05) is 0 Å². The van der Waals surface area contributed by atoms with Gasteiger partial charge in [0.1, 0.15) is 0 Å². The van der Waals surface area contributed by atoms with Crippen LogP contribution in [0, 0.1) is 5.92 Å². The maximum absolute atomic E-state index is 6.18. The quantitative estimate of drug-likeness (QED) is 0.509. The summed E-state index contributed by atoms with van der Waals surface area (Å²) in [4.78, 5) is 0. The lowest BCUT2D eigenvalue weighted by Gasteiger charge is -2.32. The fourth-order valence-corrected chi connectivity index (χ4v) is 2.86. The Bertz CT molecular complexity index is 317. The van der Waals surface area contributed by atoms with E-state index >= 15 is 0 Å². The highest BCUT2D eigenvalue weighted by atomic mass is 16.7. The van der Waals surface area contributed by atoms with E-state index < -0.39 is 0 Å². The number of hydrogen-bond donors (Lipinski definition) is 0. The first-order chi connectivity index (χ1) is 7.74. The average molecular weight is 236 g/mol. The molecule has 0 spiro atoms. The van der Waals surface area contributed by atoms with Gasteiger partial charge in [0, 0.05) is 5.82 Å². The van der Waals surface area contributed by atoms with E-state index in [4.69, 9.17) is 9.31 Å². The molecule has 0 aromatic rings. The Morgan fingerprint density at radius 2 is 1.71 bits per heavy atom. The minimum atomic E-state index is -0.213. The van der Waals surface area contributed by atoms with Gasteiger partial charge in [0.15, 0.2) is 0 Å². The lowest BCUT2D eigenvalue weighted by Crippen LogP contribution is -2.41. The molecule has 0 aromatic heterocycles. The molecule has 3 heteroatoms. The van der Waals surface area contributed by atoms with Crippen LogP contribution in [-0.2, 0) is 9.31 Å². The summed E-state index contributed by atoms with van der Waals surface area (Å²) in [5, 5.41) is 0. The van der Waals surface area contributed by atoms with Gasteiger partial charge in [-0.1, -0.05) is 18.6 Å². The van der Waals surface area contributed by atoms with E-state index in [0.29, 0.717) is 11.7 Å². The van der Waals surface area contributed by atoms with Gasteiger partial charge in [-0.15, -0.1) is 0 Å². The van der Waals surface area contributed by atoms with Crippen molar-refractivity contribution in [1.82, 2.24) is 0 Å². The molecule has 1 heterocycles. The van der Waals surface area contributed by atoms with Gasteiger partial charge in [0.05, 0.1) is 11.2 Å². The van der Waals surface area contributed by atoms with Crippen molar-refractivity contribution in [2.45, 2.75) is 71.4 Å². The molecular weight excluding hydrogens is 211 g/mol. The maximum Gasteiger partial charge on any atom is 0.465 e. The Morgan fingerprint density at radius 1 is 1.18 bits per heavy atom. The molecule has 1 fully saturated rings. The molecule has 1 aliphatic carbocycles. The second-order valence-corrected chi connectivity index (χ2v) is 6.65. The third-order valence-corrected chi connectivity index (χ3v) is 4.79. The van der Waals surface area contributed by atoms with E-state index in [9.17, 15) is 0 Å². The topological polar surface area (TPSA) is 18.5 Å². The van der Waals surface area contributed by atoms with E-state index in [1.807, 2.05) is 0 Å². The molecule has 96 valence electrons. The number of hydrogen-bond acceptors (Lipinski definition) is 2. The van der Waals surface area contributed by atoms with Crippen LogP contribution < -0.4 is 0 Å². The first kappa shape index (κ1) is 13.2. The van der Waals surface area contributed by atoms with Gasteiger partial charge in [-0.3, -0.25) is 0 Å². The summed E-state index contributed by atoms with van der Waals surface area (Å²) in [6.07, 6.45) is 4.78. The van der Waals surface area contributed by atoms with Gasteiger partial charge < -0.3 is 9.31 Å². The number of rotatable bonds is 1. The SMILES string of the molecule is CC1=CCCC(C)C1B1OC(C)(C)C(C)(C)O1. The fourth-order valence-electron chi connectivity index (χ4n) is 2.86. The fraction of sp³-hybridized carbons (Fsp3) is 0.857. The first-order valence-electron chi connectivity index (χ1n) is 6.77. The molecule has 0 amide bonds. The summed E-state index contributed by atoms with van der Waals surface area (Å²) in [7, 11) is -0.0773. The summed E-state index contributed by atoms with van der Waals surface area (Å²) >= 11 is 0. The molecule has 0 radical (unpaired) electrons. The smallest absolute Gasteiger partial charge is 0.403 e. The second kappa shape index (κ2) is 4.13. The van der Waals surface area contributed by atoms with E-state index in [1.54, 1.807) is 0 Å². The minimum Gasteiger partial charge on any atom is -0.403 e. The molecule has 0 aromatic carbocycles. The van der Waals surface area contributed by atoms with E-state index in [2.05, 4.69) is 47.6 Å². The number of allylic oxidation sites excluding steroid dienone is 2. The molecule has 1 aliphatic heterocycles. The van der Waals surface area contributed by atoms with Gasteiger partial charge in [0.2, 0.25) is 0 Å². The molecule has 2 rings (SSSR count). The van der Waals surface area contributed by atoms with E-state index in [0.717, 1.165) is 0 Å². The van der Waals surface area contributed by atoms with Crippen molar-refractivity contribution in [1.29, 1.82) is 0 Å². The van der Waals surface area contributed by atoms with Crippen LogP contribution in [0.4, 0.5) is 0 Å². The molecule has 2 nitrogen and oxygen atoms in total. The summed E-state index contributed by atoms with van der Waals surface area (Å²) < 4.78 is 12.4. The molecule has 1 saturated heterocycles. The summed E-state index contributed by atoms with van der Waals surface area (Å²) in [5.41, 5.74) is 1.01. The van der Waals surface area contributed by atoms with Gasteiger partial charge >= 0.3 is 7.12 Å². The lowest BCUT2D eigenvalue weighted by atomic mass is 9.59. The van der Waals surface area contributed by atoms with Crippen LogP contribution in [0.1, 0.15) is 54.4 Å². The Labute approximate surface area is 106 Å². The molecule has 0 bridgehead atoms. The van der Waals surface area contributed by atoms with Crippen LogP contribution in [-0.4, -0.2) is 18.3 Å². The molecule has 0 saturated carbocycles. The predicted molar refractivity (Wildman–Crippen MR) is 72.0 cm³/mol.